The molecular formula is C18H28BrN. The normalized spacial score (nSPS) is 19.0. The van der Waals surface area contributed by atoms with Crippen LogP contribution in [0.15, 0.2) is 28.7 Å². The van der Waals surface area contributed by atoms with Gasteiger partial charge in [-0.3, -0.25) is 0 Å². The van der Waals surface area contributed by atoms with E-state index in [1.165, 1.54) is 42.1 Å². The molecule has 20 heavy (non-hydrogen) atoms. The molecule has 1 aromatic carbocycles. The predicted molar refractivity (Wildman–Crippen MR) is 91.2 cm³/mol. The SMILES string of the molecule is CC(C)(C)NCC(c1ccccc1Br)C1CCCCC1. The van der Waals surface area contributed by atoms with Crippen molar-refractivity contribution in [1.29, 1.82) is 0 Å². The second kappa shape index (κ2) is 7.09. The monoisotopic (exact) mass is 337 g/mol. The molecule has 1 N–H and O–H groups in total. The van der Waals surface area contributed by atoms with Crippen LogP contribution in [0.4, 0.5) is 0 Å². The molecule has 1 unspecified atom stereocenters. The smallest absolute Gasteiger partial charge is 0.0210 e. The number of hydrogen-bond acceptors (Lipinski definition) is 1. The van der Waals surface area contributed by atoms with E-state index >= 15 is 0 Å². The van der Waals surface area contributed by atoms with Crippen molar-refractivity contribution in [3.63, 3.8) is 0 Å². The molecule has 0 amide bonds. The molecular weight excluding hydrogens is 310 g/mol. The lowest BCUT2D eigenvalue weighted by molar-refractivity contribution is 0.279. The third kappa shape index (κ3) is 4.60. The van der Waals surface area contributed by atoms with Crippen LogP contribution in [0.5, 0.6) is 0 Å². The van der Waals surface area contributed by atoms with Gasteiger partial charge in [0.15, 0.2) is 0 Å². The summed E-state index contributed by atoms with van der Waals surface area (Å²) in [6.07, 6.45) is 7.00. The lowest BCUT2D eigenvalue weighted by Crippen LogP contribution is -2.40. The van der Waals surface area contributed by atoms with Crippen molar-refractivity contribution >= 4 is 15.9 Å². The summed E-state index contributed by atoms with van der Waals surface area (Å²) in [5, 5.41) is 3.72. The molecule has 2 heteroatoms. The first-order chi connectivity index (χ1) is 9.47. The molecule has 0 aromatic heterocycles. The molecule has 1 aromatic rings. The van der Waals surface area contributed by atoms with Crippen molar-refractivity contribution in [1.82, 2.24) is 5.32 Å². The summed E-state index contributed by atoms with van der Waals surface area (Å²) in [6.45, 7) is 7.84. The summed E-state index contributed by atoms with van der Waals surface area (Å²) in [4.78, 5) is 0. The Hall–Kier alpha value is -0.340. The van der Waals surface area contributed by atoms with Crippen LogP contribution in [0.3, 0.4) is 0 Å². The lowest BCUT2D eigenvalue weighted by Gasteiger charge is -2.34. The third-order valence-electron chi connectivity index (χ3n) is 4.38. The zero-order valence-electron chi connectivity index (χ0n) is 13.1. The molecule has 0 radical (unpaired) electrons. The molecule has 0 bridgehead atoms. The van der Waals surface area contributed by atoms with Crippen molar-refractivity contribution < 1.29 is 0 Å². The van der Waals surface area contributed by atoms with Crippen molar-refractivity contribution in [3.8, 4) is 0 Å². The molecule has 1 nitrogen and oxygen atoms in total. The molecule has 0 aliphatic heterocycles. The van der Waals surface area contributed by atoms with Gasteiger partial charge in [-0.15, -0.1) is 0 Å². The van der Waals surface area contributed by atoms with Gasteiger partial charge in [-0.05, 0) is 51.2 Å². The average molecular weight is 338 g/mol. The van der Waals surface area contributed by atoms with Gasteiger partial charge in [-0.25, -0.2) is 0 Å². The van der Waals surface area contributed by atoms with Crippen molar-refractivity contribution in [2.75, 3.05) is 6.54 Å². The fraction of sp³-hybridized carbons (Fsp3) is 0.667. The fourth-order valence-corrected chi connectivity index (χ4v) is 3.84. The van der Waals surface area contributed by atoms with E-state index in [0.717, 1.165) is 12.5 Å². The number of benzene rings is 1. The van der Waals surface area contributed by atoms with Gasteiger partial charge in [0.05, 0.1) is 0 Å². The Morgan fingerprint density at radius 2 is 1.80 bits per heavy atom. The highest BCUT2D eigenvalue weighted by molar-refractivity contribution is 9.10. The largest absolute Gasteiger partial charge is 0.311 e. The Kier molecular flexibility index (Phi) is 5.68. The molecule has 112 valence electrons. The van der Waals surface area contributed by atoms with E-state index in [-0.39, 0.29) is 5.54 Å². The number of rotatable bonds is 4. The maximum absolute atomic E-state index is 3.76. The van der Waals surface area contributed by atoms with Gasteiger partial charge in [-0.2, -0.15) is 0 Å². The topological polar surface area (TPSA) is 12.0 Å². The van der Waals surface area contributed by atoms with Crippen LogP contribution >= 0.6 is 15.9 Å². The Morgan fingerprint density at radius 1 is 1.15 bits per heavy atom. The summed E-state index contributed by atoms with van der Waals surface area (Å²) >= 11 is 3.76. The minimum atomic E-state index is 0.189. The molecule has 0 saturated heterocycles. The first-order valence-electron chi connectivity index (χ1n) is 7.97. The first kappa shape index (κ1) is 16.0. The lowest BCUT2D eigenvalue weighted by atomic mass is 9.76. The van der Waals surface area contributed by atoms with Gasteiger partial charge < -0.3 is 5.32 Å². The van der Waals surface area contributed by atoms with Crippen LogP contribution < -0.4 is 5.32 Å². The second-order valence-corrected chi connectivity index (χ2v) is 8.01. The van der Waals surface area contributed by atoms with E-state index in [4.69, 9.17) is 0 Å². The van der Waals surface area contributed by atoms with Gasteiger partial charge in [-0.1, -0.05) is 53.4 Å². The Bertz CT molecular complexity index is 416. The van der Waals surface area contributed by atoms with Crippen molar-refractivity contribution in [2.24, 2.45) is 5.92 Å². The molecule has 0 heterocycles. The van der Waals surface area contributed by atoms with Crippen LogP contribution in [0.1, 0.15) is 64.4 Å². The van der Waals surface area contributed by atoms with E-state index in [2.05, 4.69) is 66.3 Å². The molecule has 1 aliphatic carbocycles. The van der Waals surface area contributed by atoms with Gasteiger partial charge in [0.25, 0.3) is 0 Å². The van der Waals surface area contributed by atoms with E-state index in [9.17, 15) is 0 Å². The molecule has 0 spiro atoms. The molecule has 1 fully saturated rings. The van der Waals surface area contributed by atoms with Gasteiger partial charge in [0.2, 0.25) is 0 Å². The minimum absolute atomic E-state index is 0.189. The summed E-state index contributed by atoms with van der Waals surface area (Å²) in [7, 11) is 0. The number of hydrogen-bond donors (Lipinski definition) is 1. The van der Waals surface area contributed by atoms with Crippen molar-refractivity contribution in [2.45, 2.75) is 64.3 Å². The van der Waals surface area contributed by atoms with Crippen LogP contribution in [-0.2, 0) is 0 Å². The van der Waals surface area contributed by atoms with E-state index < -0.39 is 0 Å². The summed E-state index contributed by atoms with van der Waals surface area (Å²) in [5.74, 6) is 1.46. The van der Waals surface area contributed by atoms with Crippen LogP contribution in [-0.4, -0.2) is 12.1 Å². The molecule has 1 atom stereocenters. The second-order valence-electron chi connectivity index (χ2n) is 7.16. The maximum atomic E-state index is 3.76. The van der Waals surface area contributed by atoms with Gasteiger partial charge >= 0.3 is 0 Å². The zero-order valence-corrected chi connectivity index (χ0v) is 14.7. The molecule has 1 aliphatic rings. The summed E-state index contributed by atoms with van der Waals surface area (Å²) in [6, 6.07) is 8.77. The standard InChI is InChI=1S/C18H28BrN/c1-18(2,3)20-13-16(14-9-5-4-6-10-14)15-11-7-8-12-17(15)19/h7-8,11-12,14,16,20H,4-6,9-10,13H2,1-3H3. The quantitative estimate of drug-likeness (QED) is 0.764. The highest BCUT2D eigenvalue weighted by Gasteiger charge is 2.27. The molecule has 2 rings (SSSR count). The summed E-state index contributed by atoms with van der Waals surface area (Å²) in [5.41, 5.74) is 1.67. The zero-order chi connectivity index (χ0) is 14.6. The first-order valence-corrected chi connectivity index (χ1v) is 8.76. The molecule has 1 saturated carbocycles. The van der Waals surface area contributed by atoms with Crippen molar-refractivity contribution in [3.05, 3.63) is 34.3 Å². The van der Waals surface area contributed by atoms with Crippen LogP contribution in [0.25, 0.3) is 0 Å². The highest BCUT2D eigenvalue weighted by atomic mass is 79.9. The van der Waals surface area contributed by atoms with Gasteiger partial charge in [0.1, 0.15) is 0 Å². The average Bonchev–Trinajstić information content (AvgIpc) is 2.41. The maximum Gasteiger partial charge on any atom is 0.0210 e. The third-order valence-corrected chi connectivity index (χ3v) is 5.10. The van der Waals surface area contributed by atoms with Crippen LogP contribution in [0, 0.1) is 5.92 Å². The summed E-state index contributed by atoms with van der Waals surface area (Å²) < 4.78 is 1.27. The Labute approximate surface area is 132 Å². The number of halogens is 1. The fourth-order valence-electron chi connectivity index (χ4n) is 3.26. The van der Waals surface area contributed by atoms with E-state index in [1.54, 1.807) is 0 Å². The Balaban J connectivity index is 2.17. The highest BCUT2D eigenvalue weighted by Crippen LogP contribution is 2.38. The number of nitrogens with one attached hydrogen (secondary N) is 1. The minimum Gasteiger partial charge on any atom is -0.311 e. The Morgan fingerprint density at radius 3 is 2.40 bits per heavy atom. The van der Waals surface area contributed by atoms with Crippen LogP contribution in [0.2, 0.25) is 0 Å². The predicted octanol–water partition coefficient (Wildman–Crippen LogP) is 5.50. The van der Waals surface area contributed by atoms with Gasteiger partial charge in [0, 0.05) is 22.5 Å². The van der Waals surface area contributed by atoms with E-state index in [1.807, 2.05) is 0 Å². The van der Waals surface area contributed by atoms with E-state index in [0.29, 0.717) is 5.92 Å².